The standard InChI is InChI=1S/C28H51O7PS.C20H42O2.C8H9Cl2O4PS.Na/c1-26(2)17-14-12-10-8-6-4-5-7-9-11-13-15-22-33-23-16-24-34-36(29,30)25-35-37(31,32)28-20-18-27(3)19-21-28;1-20(2)16-13-11-9-7-5-3-4-6-8-10-12-14-18-22-19-15-17-21;1-7-2-4-8(5-3-7)16(12,13)14-6-15(9,10)11;/h18-21,26H,4-17,22-25H2,1-3H3,(H,29,30);20-21H,3-19H2,1-2H3;2-5H,6H2,1H3;/q;;;+1/p-1. The number of halogens is 2. The fourth-order valence-electron chi connectivity index (χ4n) is 7.63. The fraction of sp³-hybridized carbons (Fsp3) is 0.786. The molecule has 13 nitrogen and oxygen atoms in total. The van der Waals surface area contributed by atoms with Gasteiger partial charge in [0, 0.05) is 33.0 Å². The molecule has 0 aromatic heterocycles. The molecule has 0 fully saturated rings. The topological polar surface area (TPSA) is 192 Å². The molecule has 0 bridgehead atoms. The number of hydrogen-bond donors (Lipinski definition) is 1. The van der Waals surface area contributed by atoms with Gasteiger partial charge in [-0.1, -0.05) is 217 Å². The van der Waals surface area contributed by atoms with Gasteiger partial charge in [-0.2, -0.15) is 16.8 Å². The van der Waals surface area contributed by atoms with Crippen molar-refractivity contribution in [2.45, 2.75) is 231 Å². The van der Waals surface area contributed by atoms with Gasteiger partial charge in [0.05, 0.1) is 16.4 Å². The summed E-state index contributed by atoms with van der Waals surface area (Å²) in [5, 5.41) is 8.62. The van der Waals surface area contributed by atoms with Crippen molar-refractivity contribution in [3.05, 3.63) is 59.7 Å². The van der Waals surface area contributed by atoms with Crippen LogP contribution in [0.1, 0.15) is 219 Å². The number of hydrogen-bond acceptors (Lipinski definition) is 13. The third-order valence-corrected chi connectivity index (χ3v) is 17.1. The van der Waals surface area contributed by atoms with Crippen LogP contribution in [0.3, 0.4) is 0 Å². The van der Waals surface area contributed by atoms with Crippen molar-refractivity contribution in [1.82, 2.24) is 0 Å². The van der Waals surface area contributed by atoms with Crippen LogP contribution in [0.4, 0.5) is 0 Å². The van der Waals surface area contributed by atoms with Gasteiger partial charge in [-0.3, -0.25) is 12.9 Å². The first kappa shape index (κ1) is 78.2. The average Bonchev–Trinajstić information content (AvgIpc) is 3.35. The number of rotatable bonds is 46. The number of unbranched alkanes of at least 4 members (excludes halogenated alkanes) is 22. The van der Waals surface area contributed by atoms with Crippen molar-refractivity contribution in [3.63, 3.8) is 0 Å². The molecule has 1 atom stereocenters. The Morgan fingerprint density at radius 2 is 0.750 bits per heavy atom. The molecular weight excluding hydrogens is 1100 g/mol. The van der Waals surface area contributed by atoms with Crippen molar-refractivity contribution in [1.29, 1.82) is 0 Å². The van der Waals surface area contributed by atoms with Crippen molar-refractivity contribution < 1.29 is 87.9 Å². The summed E-state index contributed by atoms with van der Waals surface area (Å²) in [6, 6.07) is 12.0. The Balaban J connectivity index is 0. The summed E-state index contributed by atoms with van der Waals surface area (Å²) in [6.07, 6.45) is 34.6. The van der Waals surface area contributed by atoms with Crippen LogP contribution in [0.25, 0.3) is 0 Å². The zero-order valence-electron chi connectivity index (χ0n) is 48.0. The minimum absolute atomic E-state index is 0. The third-order valence-electron chi connectivity index (χ3n) is 12.2. The molecule has 0 aliphatic heterocycles. The van der Waals surface area contributed by atoms with Crippen LogP contribution >= 0.6 is 35.9 Å². The number of aryl methyl sites for hydroxylation is 2. The van der Waals surface area contributed by atoms with Crippen LogP contribution in [0, 0.1) is 25.7 Å². The summed E-state index contributed by atoms with van der Waals surface area (Å²) in [6.45, 7) is 15.7. The van der Waals surface area contributed by atoms with Crippen LogP contribution in [0.15, 0.2) is 58.3 Å². The van der Waals surface area contributed by atoms with E-state index in [1.165, 1.54) is 178 Å². The predicted octanol–water partition coefficient (Wildman–Crippen LogP) is 13.8. The van der Waals surface area contributed by atoms with Crippen LogP contribution in [0.5, 0.6) is 0 Å². The van der Waals surface area contributed by atoms with E-state index in [1.54, 1.807) is 24.3 Å². The van der Waals surface area contributed by atoms with Crippen LogP contribution < -0.4 is 34.5 Å². The molecule has 0 heterocycles. The summed E-state index contributed by atoms with van der Waals surface area (Å²) < 4.78 is 95.0. The Morgan fingerprint density at radius 3 is 1.07 bits per heavy atom. The molecule has 1 unspecified atom stereocenters. The summed E-state index contributed by atoms with van der Waals surface area (Å²) in [4.78, 5) is 11.8. The molecule has 0 radical (unpaired) electrons. The quantitative estimate of drug-likeness (QED) is 0.0285. The summed E-state index contributed by atoms with van der Waals surface area (Å²) >= 11 is 10.4. The van der Waals surface area contributed by atoms with Gasteiger partial charge in [0.25, 0.3) is 26.1 Å². The van der Waals surface area contributed by atoms with Gasteiger partial charge in [-0.25, -0.2) is 0 Å². The fourth-order valence-corrected chi connectivity index (χ4v) is 12.2. The molecule has 0 spiro atoms. The summed E-state index contributed by atoms with van der Waals surface area (Å²) in [5.74, 6) is -1.83. The molecule has 0 saturated carbocycles. The average molecular weight is 1200 g/mol. The van der Waals surface area contributed by atoms with Crippen molar-refractivity contribution in [2.24, 2.45) is 11.8 Å². The maximum atomic E-state index is 12.1. The van der Waals surface area contributed by atoms with Gasteiger partial charge < -0.3 is 28.6 Å². The number of aliphatic hydroxyl groups is 1. The van der Waals surface area contributed by atoms with E-state index in [0.717, 1.165) is 48.8 Å². The Morgan fingerprint density at radius 1 is 0.461 bits per heavy atom. The molecule has 2 aromatic carbocycles. The molecule has 0 aliphatic carbocycles. The third kappa shape index (κ3) is 51.0. The normalized spacial score (nSPS) is 12.7. The molecule has 1 N–H and O–H groups in total. The van der Waals surface area contributed by atoms with Crippen molar-refractivity contribution >= 4 is 56.2 Å². The van der Waals surface area contributed by atoms with Gasteiger partial charge >= 0.3 is 29.6 Å². The van der Waals surface area contributed by atoms with Gasteiger partial charge in [-0.15, -0.1) is 0 Å². The van der Waals surface area contributed by atoms with Gasteiger partial charge in [0.2, 0.25) is 0 Å². The van der Waals surface area contributed by atoms with Crippen molar-refractivity contribution in [3.8, 4) is 0 Å². The first-order chi connectivity index (χ1) is 35.6. The molecule has 0 amide bonds. The second kappa shape index (κ2) is 49.7. The van der Waals surface area contributed by atoms with E-state index < -0.39 is 46.4 Å². The number of ether oxygens (including phenoxy) is 2. The second-order valence-corrected chi connectivity index (χ2v) is 30.7. The van der Waals surface area contributed by atoms with Crippen LogP contribution in [-0.4, -0.2) is 74.3 Å². The molecule has 440 valence electrons. The van der Waals surface area contributed by atoms with Crippen molar-refractivity contribution in [2.75, 3.05) is 52.3 Å². The summed E-state index contributed by atoms with van der Waals surface area (Å²) in [5.41, 5.74) is 1.80. The molecule has 0 saturated heterocycles. The molecular formula is C56H101Cl2NaO13P2S2. The smallest absolute Gasteiger partial charge is 0.777 e. The number of aliphatic hydroxyl groups excluding tert-OH is 1. The Bertz CT molecular complexity index is 1960. The molecule has 2 rings (SSSR count). The minimum atomic E-state index is -4.42. The van der Waals surface area contributed by atoms with E-state index in [-0.39, 0.29) is 52.6 Å². The molecule has 0 aliphatic rings. The first-order valence-electron chi connectivity index (χ1n) is 28.2. The van der Waals surface area contributed by atoms with Crippen LogP contribution in [-0.2, 0) is 51.7 Å². The molecule has 76 heavy (non-hydrogen) atoms. The van der Waals surface area contributed by atoms with Gasteiger partial charge in [-0.05, 0) is 98.1 Å². The second-order valence-electron chi connectivity index (χ2n) is 20.5. The van der Waals surface area contributed by atoms with E-state index in [4.69, 9.17) is 41.6 Å². The zero-order chi connectivity index (χ0) is 56.1. The van der Waals surface area contributed by atoms with E-state index in [0.29, 0.717) is 26.2 Å². The Hall–Kier alpha value is 0.1000. The predicted molar refractivity (Wildman–Crippen MR) is 309 cm³/mol. The van der Waals surface area contributed by atoms with E-state index in [2.05, 4.69) is 36.1 Å². The minimum Gasteiger partial charge on any atom is -0.777 e. The maximum Gasteiger partial charge on any atom is 1.00 e. The monoisotopic (exact) mass is 1200 g/mol. The van der Waals surface area contributed by atoms with Gasteiger partial charge in [0.15, 0.2) is 7.60 Å². The first-order valence-corrected chi connectivity index (χ1v) is 36.5. The largest absolute Gasteiger partial charge is 1.00 e. The maximum absolute atomic E-state index is 12.1. The van der Waals surface area contributed by atoms with Gasteiger partial charge in [0.1, 0.15) is 12.7 Å². The Kier molecular flexibility index (Phi) is 51.1. The summed E-state index contributed by atoms with van der Waals surface area (Å²) in [7, 11) is -12.5. The Labute approximate surface area is 495 Å². The van der Waals surface area contributed by atoms with E-state index in [1.807, 2.05) is 13.8 Å². The SMILES string of the molecule is CC(C)CCCCCCCCCCCCCCOCCCO.Cc1ccc(S(=O)(=O)OCP(=O)(Cl)Cl)cc1.Cc1ccc(S(=O)(=O)OCP(=O)([O-])OCCCOCCCCCCCCCCCCCCC(C)C)cc1.[Na+]. The van der Waals surface area contributed by atoms with E-state index in [9.17, 15) is 30.9 Å². The van der Waals surface area contributed by atoms with E-state index >= 15 is 0 Å². The molecule has 2 aromatic rings. The number of benzene rings is 2. The molecule has 20 heteroatoms. The zero-order valence-corrected chi connectivity index (χ0v) is 55.0. The van der Waals surface area contributed by atoms with Crippen LogP contribution in [0.2, 0.25) is 0 Å².